The molecule has 4 heteroatoms. The number of phenolic OH excluding ortho intramolecular Hbond substituents is 1. The van der Waals surface area contributed by atoms with Gasteiger partial charge in [-0.1, -0.05) is 33.5 Å². The lowest BCUT2D eigenvalue weighted by atomic mass is 9.95. The van der Waals surface area contributed by atoms with E-state index in [-0.39, 0.29) is 5.75 Å². The van der Waals surface area contributed by atoms with Crippen molar-refractivity contribution in [3.8, 4) is 17.0 Å². The average Bonchev–Trinajstić information content (AvgIpc) is 2.71. The van der Waals surface area contributed by atoms with Gasteiger partial charge in [-0.15, -0.1) is 0 Å². The van der Waals surface area contributed by atoms with Crippen molar-refractivity contribution in [2.75, 3.05) is 0 Å². The minimum absolute atomic E-state index is 0.240. The lowest BCUT2D eigenvalue weighted by Gasteiger charge is -2.02. The van der Waals surface area contributed by atoms with Crippen molar-refractivity contribution in [2.24, 2.45) is 0 Å². The Morgan fingerprint density at radius 2 is 1.89 bits per heavy atom. The topological polar surface area (TPSA) is 36.0 Å². The Hall–Kier alpha value is -1.68. The van der Waals surface area contributed by atoms with Gasteiger partial charge < -0.3 is 10.1 Å². The number of hydrogen-bond donors (Lipinski definition) is 2. The van der Waals surface area contributed by atoms with Gasteiger partial charge in [-0.25, -0.2) is 0 Å². The fourth-order valence-corrected chi connectivity index (χ4v) is 2.38. The molecule has 1 heterocycles. The molecular formula is C14H9BBrNO. The number of aromatic hydroxyl groups is 1. The lowest BCUT2D eigenvalue weighted by molar-refractivity contribution is 0.477. The van der Waals surface area contributed by atoms with Gasteiger partial charge in [0.2, 0.25) is 0 Å². The summed E-state index contributed by atoms with van der Waals surface area (Å²) in [6.07, 6.45) is 0. The highest BCUT2D eigenvalue weighted by atomic mass is 79.9. The van der Waals surface area contributed by atoms with E-state index in [2.05, 4.69) is 20.9 Å². The number of fused-ring (bicyclic) bond motifs is 1. The maximum Gasteiger partial charge on any atom is 0.126 e. The van der Waals surface area contributed by atoms with Gasteiger partial charge >= 0.3 is 0 Å². The van der Waals surface area contributed by atoms with Crippen LogP contribution in [-0.4, -0.2) is 17.9 Å². The van der Waals surface area contributed by atoms with Crippen LogP contribution < -0.4 is 5.46 Å². The van der Waals surface area contributed by atoms with Crippen LogP contribution >= 0.6 is 15.9 Å². The number of aromatic nitrogens is 1. The zero-order valence-corrected chi connectivity index (χ0v) is 11.0. The van der Waals surface area contributed by atoms with Crippen molar-refractivity contribution in [3.05, 3.63) is 46.9 Å². The van der Waals surface area contributed by atoms with Crippen LogP contribution in [0.4, 0.5) is 0 Å². The monoisotopic (exact) mass is 297 g/mol. The van der Waals surface area contributed by atoms with Crippen LogP contribution in [-0.2, 0) is 0 Å². The molecule has 0 fully saturated rings. The maximum absolute atomic E-state index is 9.95. The SMILES string of the molecule is [B]c1ccc2[nH]c(-c3ccc(Br)cc3O)cc2c1. The Balaban J connectivity index is 2.19. The molecule has 0 bridgehead atoms. The molecule has 0 saturated carbocycles. The fourth-order valence-electron chi connectivity index (χ4n) is 2.03. The van der Waals surface area contributed by atoms with Gasteiger partial charge in [0.15, 0.2) is 0 Å². The van der Waals surface area contributed by atoms with Gasteiger partial charge in [-0.2, -0.15) is 0 Å². The third-order valence-electron chi connectivity index (χ3n) is 2.89. The summed E-state index contributed by atoms with van der Waals surface area (Å²) < 4.78 is 0.851. The van der Waals surface area contributed by atoms with E-state index in [1.54, 1.807) is 6.07 Å². The largest absolute Gasteiger partial charge is 0.507 e. The number of aromatic amines is 1. The van der Waals surface area contributed by atoms with Crippen molar-refractivity contribution in [1.82, 2.24) is 4.98 Å². The molecule has 0 amide bonds. The summed E-state index contributed by atoms with van der Waals surface area (Å²) in [5, 5.41) is 11.0. The van der Waals surface area contributed by atoms with Gasteiger partial charge in [0.1, 0.15) is 13.6 Å². The highest BCUT2D eigenvalue weighted by molar-refractivity contribution is 9.10. The van der Waals surface area contributed by atoms with E-state index in [4.69, 9.17) is 7.85 Å². The molecule has 2 N–H and O–H groups in total. The molecule has 0 aliphatic heterocycles. The second-order valence-electron chi connectivity index (χ2n) is 4.19. The molecule has 3 aromatic rings. The fraction of sp³-hybridized carbons (Fsp3) is 0. The number of rotatable bonds is 1. The summed E-state index contributed by atoms with van der Waals surface area (Å²) in [5.74, 6) is 0.240. The number of halogens is 1. The second-order valence-corrected chi connectivity index (χ2v) is 5.11. The normalized spacial score (nSPS) is 10.9. The third-order valence-corrected chi connectivity index (χ3v) is 3.39. The van der Waals surface area contributed by atoms with Crippen molar-refractivity contribution in [3.63, 3.8) is 0 Å². The molecule has 2 radical (unpaired) electrons. The standard InChI is InChI=1S/C14H9BBrNO/c15-9-1-4-12-8(5-9)6-13(17-12)11-3-2-10(16)7-14(11)18/h1-7,17-18H. The molecule has 86 valence electrons. The summed E-state index contributed by atoms with van der Waals surface area (Å²) in [6.45, 7) is 0. The predicted molar refractivity (Wildman–Crippen MR) is 78.5 cm³/mol. The summed E-state index contributed by atoms with van der Waals surface area (Å²) in [4.78, 5) is 3.27. The molecule has 1 aromatic heterocycles. The van der Waals surface area contributed by atoms with E-state index in [1.807, 2.05) is 36.4 Å². The number of hydrogen-bond acceptors (Lipinski definition) is 1. The van der Waals surface area contributed by atoms with Crippen LogP contribution in [0.1, 0.15) is 0 Å². The number of benzene rings is 2. The van der Waals surface area contributed by atoms with Gasteiger partial charge in [-0.3, -0.25) is 0 Å². The molecule has 0 atom stereocenters. The van der Waals surface area contributed by atoms with E-state index >= 15 is 0 Å². The van der Waals surface area contributed by atoms with E-state index in [9.17, 15) is 5.11 Å². The molecule has 0 spiro atoms. The zero-order chi connectivity index (χ0) is 12.7. The Bertz CT molecular complexity index is 736. The quantitative estimate of drug-likeness (QED) is 0.665. The molecule has 0 aliphatic rings. The molecule has 0 saturated heterocycles. The van der Waals surface area contributed by atoms with Crippen molar-refractivity contribution < 1.29 is 5.11 Å². The predicted octanol–water partition coefficient (Wildman–Crippen LogP) is 3.10. The zero-order valence-electron chi connectivity index (χ0n) is 9.44. The third kappa shape index (κ3) is 1.93. The smallest absolute Gasteiger partial charge is 0.126 e. The van der Waals surface area contributed by atoms with Crippen LogP contribution in [0.25, 0.3) is 22.2 Å². The Kier molecular flexibility index (Phi) is 2.67. The minimum atomic E-state index is 0.240. The highest BCUT2D eigenvalue weighted by Gasteiger charge is 2.08. The molecule has 0 unspecified atom stereocenters. The second kappa shape index (κ2) is 4.21. The Morgan fingerprint density at radius 3 is 2.67 bits per heavy atom. The first-order chi connectivity index (χ1) is 8.63. The molecule has 2 nitrogen and oxygen atoms in total. The van der Waals surface area contributed by atoms with Crippen LogP contribution in [0.5, 0.6) is 5.75 Å². The van der Waals surface area contributed by atoms with Crippen molar-refractivity contribution in [1.29, 1.82) is 0 Å². The van der Waals surface area contributed by atoms with Crippen LogP contribution in [0.15, 0.2) is 46.9 Å². The van der Waals surface area contributed by atoms with Crippen molar-refractivity contribution >= 4 is 40.1 Å². The first-order valence-corrected chi connectivity index (χ1v) is 6.30. The first-order valence-electron chi connectivity index (χ1n) is 5.50. The Labute approximate surface area is 114 Å². The van der Waals surface area contributed by atoms with Gasteiger partial charge in [0, 0.05) is 15.6 Å². The molecule has 2 aromatic carbocycles. The van der Waals surface area contributed by atoms with Crippen LogP contribution in [0, 0.1) is 0 Å². The number of H-pyrrole nitrogens is 1. The first kappa shape index (κ1) is 11.4. The number of phenols is 1. The summed E-state index contributed by atoms with van der Waals surface area (Å²) in [6, 6.07) is 13.1. The molecule has 18 heavy (non-hydrogen) atoms. The maximum atomic E-state index is 9.95. The van der Waals surface area contributed by atoms with Crippen LogP contribution in [0.3, 0.4) is 0 Å². The highest BCUT2D eigenvalue weighted by Crippen LogP contribution is 2.32. The molecule has 3 rings (SSSR count). The molecule has 0 aliphatic carbocycles. The lowest BCUT2D eigenvalue weighted by Crippen LogP contribution is -1.98. The number of nitrogens with one attached hydrogen (secondary N) is 1. The van der Waals surface area contributed by atoms with Gasteiger partial charge in [0.05, 0.1) is 5.69 Å². The van der Waals surface area contributed by atoms with E-state index in [1.165, 1.54) is 0 Å². The van der Waals surface area contributed by atoms with E-state index in [0.717, 1.165) is 32.1 Å². The summed E-state index contributed by atoms with van der Waals surface area (Å²) >= 11 is 3.33. The minimum Gasteiger partial charge on any atom is -0.507 e. The Morgan fingerprint density at radius 1 is 1.06 bits per heavy atom. The summed E-state index contributed by atoms with van der Waals surface area (Å²) in [7, 11) is 5.75. The van der Waals surface area contributed by atoms with Crippen molar-refractivity contribution in [2.45, 2.75) is 0 Å². The van der Waals surface area contributed by atoms with Gasteiger partial charge in [-0.05, 0) is 35.7 Å². The van der Waals surface area contributed by atoms with E-state index < -0.39 is 0 Å². The summed E-state index contributed by atoms with van der Waals surface area (Å²) in [5.41, 5.74) is 3.38. The molecular weight excluding hydrogens is 289 g/mol. The van der Waals surface area contributed by atoms with E-state index in [0.29, 0.717) is 0 Å². The van der Waals surface area contributed by atoms with Crippen LogP contribution in [0.2, 0.25) is 0 Å². The van der Waals surface area contributed by atoms with Gasteiger partial charge in [0.25, 0.3) is 0 Å². The average molecular weight is 298 g/mol.